The Bertz CT molecular complexity index is 884. The highest BCUT2D eigenvalue weighted by atomic mass is 35.5. The molecule has 0 aliphatic heterocycles. The molecule has 130 valence electrons. The predicted molar refractivity (Wildman–Crippen MR) is 98.6 cm³/mol. The fourth-order valence-electron chi connectivity index (χ4n) is 3.68. The second kappa shape index (κ2) is 6.92. The van der Waals surface area contributed by atoms with Gasteiger partial charge in [0, 0.05) is 47.0 Å². The van der Waals surface area contributed by atoms with E-state index in [-0.39, 0.29) is 11.9 Å². The summed E-state index contributed by atoms with van der Waals surface area (Å²) >= 11 is 6.15. The van der Waals surface area contributed by atoms with Gasteiger partial charge in [-0.25, -0.2) is 0 Å². The second-order valence-corrected chi connectivity index (χ2v) is 7.03. The van der Waals surface area contributed by atoms with Gasteiger partial charge in [0.15, 0.2) is 0 Å². The van der Waals surface area contributed by atoms with Crippen molar-refractivity contribution in [1.29, 1.82) is 0 Å². The number of aryl methyl sites for hydroxylation is 2. The van der Waals surface area contributed by atoms with Crippen LogP contribution in [-0.4, -0.2) is 20.7 Å². The van der Waals surface area contributed by atoms with Gasteiger partial charge >= 0.3 is 0 Å². The Balaban J connectivity index is 1.43. The first-order valence-electron chi connectivity index (χ1n) is 8.77. The molecule has 25 heavy (non-hydrogen) atoms. The van der Waals surface area contributed by atoms with Gasteiger partial charge in [0.1, 0.15) is 0 Å². The molecule has 2 N–H and O–H groups in total. The molecule has 0 radical (unpaired) electrons. The molecule has 1 amide bonds. The van der Waals surface area contributed by atoms with E-state index in [2.05, 4.69) is 15.4 Å². The number of amides is 1. The maximum absolute atomic E-state index is 12.3. The monoisotopic (exact) mass is 356 g/mol. The minimum Gasteiger partial charge on any atom is -0.356 e. The van der Waals surface area contributed by atoms with Crippen LogP contribution in [0.1, 0.15) is 43.0 Å². The predicted octanol–water partition coefficient (Wildman–Crippen LogP) is 3.99. The van der Waals surface area contributed by atoms with Gasteiger partial charge in [0.05, 0.1) is 6.04 Å². The number of carbonyl (C=O) groups excluding carboxylic acids is 1. The number of fused-ring (bicyclic) bond motifs is 3. The zero-order valence-corrected chi connectivity index (χ0v) is 14.7. The summed E-state index contributed by atoms with van der Waals surface area (Å²) in [6, 6.07) is 7.88. The van der Waals surface area contributed by atoms with Gasteiger partial charge in [-0.2, -0.15) is 5.10 Å². The van der Waals surface area contributed by atoms with E-state index in [0.717, 1.165) is 48.5 Å². The molecule has 2 aromatic heterocycles. The molecule has 0 bridgehead atoms. The number of hydrogen-bond donors (Lipinski definition) is 2. The Kier molecular flexibility index (Phi) is 4.49. The van der Waals surface area contributed by atoms with E-state index in [9.17, 15) is 4.79 Å². The number of carbonyl (C=O) groups is 1. The van der Waals surface area contributed by atoms with Crippen molar-refractivity contribution >= 4 is 28.4 Å². The summed E-state index contributed by atoms with van der Waals surface area (Å²) < 4.78 is 1.85. The molecule has 0 saturated carbocycles. The number of hydrogen-bond acceptors (Lipinski definition) is 2. The Morgan fingerprint density at radius 3 is 3.20 bits per heavy atom. The average Bonchev–Trinajstić information content (AvgIpc) is 3.23. The normalized spacial score (nSPS) is 16.8. The van der Waals surface area contributed by atoms with E-state index in [1.807, 2.05) is 35.1 Å². The molecular formula is C19H21ClN4O. The van der Waals surface area contributed by atoms with E-state index >= 15 is 0 Å². The number of nitrogens with one attached hydrogen (secondary N) is 2. The first kappa shape index (κ1) is 16.2. The third-order valence-corrected chi connectivity index (χ3v) is 5.09. The Morgan fingerprint density at radius 2 is 2.36 bits per heavy atom. The van der Waals surface area contributed by atoms with E-state index in [1.54, 1.807) is 6.20 Å². The maximum Gasteiger partial charge on any atom is 0.220 e. The first-order valence-corrected chi connectivity index (χ1v) is 9.15. The summed E-state index contributed by atoms with van der Waals surface area (Å²) in [7, 11) is 0. The van der Waals surface area contributed by atoms with Gasteiger partial charge < -0.3 is 10.3 Å². The van der Waals surface area contributed by atoms with Crippen LogP contribution in [0.15, 0.2) is 36.7 Å². The second-order valence-electron chi connectivity index (χ2n) is 6.59. The third kappa shape index (κ3) is 3.42. The molecule has 0 unspecified atom stereocenters. The molecule has 1 aliphatic carbocycles. The molecule has 1 aliphatic rings. The van der Waals surface area contributed by atoms with E-state index < -0.39 is 0 Å². The first-order chi connectivity index (χ1) is 12.2. The van der Waals surface area contributed by atoms with Crippen molar-refractivity contribution < 1.29 is 4.79 Å². The third-order valence-electron chi connectivity index (χ3n) is 4.85. The molecule has 6 heteroatoms. The van der Waals surface area contributed by atoms with Crippen molar-refractivity contribution in [3.8, 4) is 0 Å². The lowest BCUT2D eigenvalue weighted by atomic mass is 9.91. The van der Waals surface area contributed by atoms with Crippen LogP contribution >= 0.6 is 11.6 Å². The van der Waals surface area contributed by atoms with Crippen LogP contribution in [0.25, 0.3) is 10.9 Å². The molecule has 0 spiro atoms. The topological polar surface area (TPSA) is 62.7 Å². The lowest BCUT2D eigenvalue weighted by molar-refractivity contribution is -0.122. The Hall–Kier alpha value is -2.27. The van der Waals surface area contributed by atoms with Crippen LogP contribution in [0.4, 0.5) is 0 Å². The lowest BCUT2D eigenvalue weighted by Crippen LogP contribution is -2.31. The maximum atomic E-state index is 12.3. The van der Waals surface area contributed by atoms with E-state index in [1.165, 1.54) is 10.9 Å². The van der Waals surface area contributed by atoms with Crippen molar-refractivity contribution in [3.63, 3.8) is 0 Å². The number of nitrogens with zero attached hydrogens (tertiary/aromatic N) is 2. The fraction of sp³-hybridized carbons (Fsp3) is 0.368. The van der Waals surface area contributed by atoms with E-state index in [0.29, 0.717) is 6.42 Å². The molecule has 2 heterocycles. The Morgan fingerprint density at radius 1 is 1.44 bits per heavy atom. The Labute approximate surface area is 151 Å². The average molecular weight is 357 g/mol. The molecule has 5 nitrogen and oxygen atoms in total. The summed E-state index contributed by atoms with van der Waals surface area (Å²) in [4.78, 5) is 15.8. The number of rotatable bonds is 5. The SMILES string of the molecule is O=C(CCCn1cccn1)N[C@@H]1CCCc2c1[nH]c1ccc(Cl)cc21. The lowest BCUT2D eigenvalue weighted by Gasteiger charge is -2.24. The minimum absolute atomic E-state index is 0.0622. The standard InChI is InChI=1S/C19H21ClN4O/c20-13-7-8-16-15(12-13)14-4-1-5-17(19(14)23-16)22-18(25)6-2-10-24-11-3-9-21-24/h3,7-9,11-12,17,23H,1-2,4-6,10H2,(H,22,25)/t17-/m1/s1. The largest absolute Gasteiger partial charge is 0.356 e. The molecule has 4 rings (SSSR count). The summed E-state index contributed by atoms with van der Waals surface area (Å²) in [6.45, 7) is 0.765. The minimum atomic E-state index is 0.0622. The van der Waals surface area contributed by atoms with Crippen molar-refractivity contribution in [2.45, 2.75) is 44.7 Å². The summed E-state index contributed by atoms with van der Waals surface area (Å²) in [5.41, 5.74) is 3.53. The van der Waals surface area contributed by atoms with Gasteiger partial charge in [-0.15, -0.1) is 0 Å². The van der Waals surface area contributed by atoms with Crippen molar-refractivity contribution in [2.75, 3.05) is 0 Å². The molecule has 1 atom stereocenters. The highest BCUT2D eigenvalue weighted by Crippen LogP contribution is 2.35. The zero-order chi connectivity index (χ0) is 17.2. The molecule has 0 saturated heterocycles. The van der Waals surface area contributed by atoms with Gasteiger partial charge in [0.25, 0.3) is 0 Å². The van der Waals surface area contributed by atoms with Crippen LogP contribution in [-0.2, 0) is 17.8 Å². The van der Waals surface area contributed by atoms with Crippen LogP contribution in [0, 0.1) is 0 Å². The van der Waals surface area contributed by atoms with Gasteiger partial charge in [-0.1, -0.05) is 11.6 Å². The summed E-state index contributed by atoms with van der Waals surface area (Å²) in [5, 5.41) is 9.29. The zero-order valence-electron chi connectivity index (χ0n) is 14.0. The molecular weight excluding hydrogens is 336 g/mol. The highest BCUT2D eigenvalue weighted by molar-refractivity contribution is 6.31. The number of benzene rings is 1. The summed E-state index contributed by atoms with van der Waals surface area (Å²) in [6.07, 6.45) is 8.05. The van der Waals surface area contributed by atoms with Crippen molar-refractivity contribution in [1.82, 2.24) is 20.1 Å². The molecule has 1 aromatic carbocycles. The van der Waals surface area contributed by atoms with Crippen LogP contribution < -0.4 is 5.32 Å². The fourth-order valence-corrected chi connectivity index (χ4v) is 3.85. The quantitative estimate of drug-likeness (QED) is 0.726. The van der Waals surface area contributed by atoms with Crippen LogP contribution in [0.2, 0.25) is 5.02 Å². The van der Waals surface area contributed by atoms with E-state index in [4.69, 9.17) is 11.6 Å². The van der Waals surface area contributed by atoms with Gasteiger partial charge in [-0.3, -0.25) is 9.48 Å². The van der Waals surface area contributed by atoms with Crippen molar-refractivity contribution in [2.24, 2.45) is 0 Å². The van der Waals surface area contributed by atoms with Gasteiger partial charge in [0.2, 0.25) is 5.91 Å². The number of aromatic amines is 1. The highest BCUT2D eigenvalue weighted by Gasteiger charge is 2.25. The number of H-pyrrole nitrogens is 1. The molecule has 3 aromatic rings. The smallest absolute Gasteiger partial charge is 0.220 e. The molecule has 0 fully saturated rings. The van der Waals surface area contributed by atoms with Crippen LogP contribution in [0.5, 0.6) is 0 Å². The number of aromatic nitrogens is 3. The van der Waals surface area contributed by atoms with Crippen molar-refractivity contribution in [3.05, 3.63) is 52.9 Å². The van der Waals surface area contributed by atoms with Gasteiger partial charge in [-0.05, 0) is 55.5 Å². The van der Waals surface area contributed by atoms with Crippen LogP contribution in [0.3, 0.4) is 0 Å². The number of halogens is 1. The summed E-state index contributed by atoms with van der Waals surface area (Å²) in [5.74, 6) is 0.0988.